The molecule has 0 aromatic heterocycles. The Bertz CT molecular complexity index is 963. The van der Waals surface area contributed by atoms with Gasteiger partial charge in [0, 0.05) is 12.8 Å². The van der Waals surface area contributed by atoms with E-state index in [9.17, 15) is 34.2 Å². The number of aliphatic carboxylic acids is 1. The molecule has 13 nitrogen and oxygen atoms in total. The average Bonchev–Trinajstić information content (AvgIpc) is 2.89. The van der Waals surface area contributed by atoms with Gasteiger partial charge in [-0.15, -0.1) is 0 Å². The van der Waals surface area contributed by atoms with E-state index in [0.717, 1.165) is 0 Å². The highest BCUT2D eigenvalue weighted by Gasteiger charge is 2.30. The molecule has 218 valence electrons. The summed E-state index contributed by atoms with van der Waals surface area (Å²) in [5, 5.41) is 26.7. The van der Waals surface area contributed by atoms with Crippen molar-refractivity contribution in [2.45, 2.75) is 69.1 Å². The van der Waals surface area contributed by atoms with Crippen LogP contribution in [0.25, 0.3) is 0 Å². The number of primary amides is 1. The topological polar surface area (TPSA) is 240 Å². The smallest absolute Gasteiger partial charge is 0.326 e. The third kappa shape index (κ3) is 13.3. The molecule has 0 aliphatic rings. The first-order valence-corrected chi connectivity index (χ1v) is 14.0. The van der Waals surface area contributed by atoms with Crippen molar-refractivity contribution in [2.75, 3.05) is 18.6 Å². The van der Waals surface area contributed by atoms with Crippen molar-refractivity contribution in [1.82, 2.24) is 16.0 Å². The minimum atomic E-state index is -1.42. The number of rotatable bonds is 19. The lowest BCUT2D eigenvalue weighted by Gasteiger charge is -2.25. The Labute approximate surface area is 232 Å². The van der Waals surface area contributed by atoms with Gasteiger partial charge in [0.25, 0.3) is 0 Å². The molecule has 0 saturated heterocycles. The van der Waals surface area contributed by atoms with Gasteiger partial charge in [0.05, 0.1) is 6.04 Å². The molecule has 1 aromatic rings. The van der Waals surface area contributed by atoms with Crippen LogP contribution in [-0.2, 0) is 30.4 Å². The lowest BCUT2D eigenvalue weighted by molar-refractivity contribution is -0.142. The van der Waals surface area contributed by atoms with E-state index >= 15 is 0 Å². The summed E-state index contributed by atoms with van der Waals surface area (Å²) in [6, 6.07) is 1.43. The van der Waals surface area contributed by atoms with Crippen molar-refractivity contribution >= 4 is 41.4 Å². The van der Waals surface area contributed by atoms with Gasteiger partial charge in [0.15, 0.2) is 0 Å². The molecule has 0 fully saturated rings. The van der Waals surface area contributed by atoms with Gasteiger partial charge in [-0.3, -0.25) is 19.2 Å². The van der Waals surface area contributed by atoms with Crippen molar-refractivity contribution in [1.29, 1.82) is 0 Å². The number of thioether (sulfide) groups is 1. The molecule has 0 aliphatic carbocycles. The average molecular weight is 569 g/mol. The molecule has 39 heavy (non-hydrogen) atoms. The Kier molecular flexibility index (Phi) is 15.6. The van der Waals surface area contributed by atoms with Gasteiger partial charge >= 0.3 is 5.97 Å². The zero-order valence-electron chi connectivity index (χ0n) is 22.1. The summed E-state index contributed by atoms with van der Waals surface area (Å²) < 4.78 is 0. The van der Waals surface area contributed by atoms with Crippen LogP contribution in [0.3, 0.4) is 0 Å². The van der Waals surface area contributed by atoms with Crippen molar-refractivity contribution in [3.05, 3.63) is 29.8 Å². The molecule has 0 radical (unpaired) electrons. The zero-order chi connectivity index (χ0) is 29.4. The van der Waals surface area contributed by atoms with E-state index in [1.54, 1.807) is 12.1 Å². The summed E-state index contributed by atoms with van der Waals surface area (Å²) in [6.07, 6.45) is 3.13. The van der Waals surface area contributed by atoms with Crippen LogP contribution in [0.1, 0.15) is 44.1 Å². The van der Waals surface area contributed by atoms with Gasteiger partial charge in [0.1, 0.15) is 23.9 Å². The van der Waals surface area contributed by atoms with E-state index in [4.69, 9.17) is 17.2 Å². The molecule has 4 amide bonds. The van der Waals surface area contributed by atoms with Crippen LogP contribution in [0.4, 0.5) is 0 Å². The van der Waals surface area contributed by atoms with Gasteiger partial charge in [-0.1, -0.05) is 12.1 Å². The van der Waals surface area contributed by atoms with Crippen molar-refractivity contribution in [2.24, 2.45) is 17.2 Å². The second-order valence-corrected chi connectivity index (χ2v) is 10.1. The summed E-state index contributed by atoms with van der Waals surface area (Å²) in [5.41, 5.74) is 17.2. The number of benzene rings is 1. The summed E-state index contributed by atoms with van der Waals surface area (Å²) in [4.78, 5) is 61.9. The summed E-state index contributed by atoms with van der Waals surface area (Å²) in [5.74, 6) is -3.40. The number of carbonyl (C=O) groups is 5. The molecule has 1 rings (SSSR count). The SMILES string of the molecule is CSCCC(N)C(=O)NC(CCCCN)C(=O)NC(Cc1ccc(O)cc1)C(=O)NC(CCC(N)=O)C(=O)O. The molecule has 1 aromatic carbocycles. The second-order valence-electron chi connectivity index (χ2n) is 9.07. The van der Waals surface area contributed by atoms with E-state index in [1.165, 1.54) is 23.9 Å². The molecular weight excluding hydrogens is 528 g/mol. The highest BCUT2D eigenvalue weighted by molar-refractivity contribution is 7.98. The largest absolute Gasteiger partial charge is 0.508 e. The predicted octanol–water partition coefficient (Wildman–Crippen LogP) is -1.05. The van der Waals surface area contributed by atoms with Crippen molar-refractivity contribution < 1.29 is 34.2 Å². The highest BCUT2D eigenvalue weighted by Crippen LogP contribution is 2.13. The van der Waals surface area contributed by atoms with Crippen LogP contribution in [0, 0.1) is 0 Å². The van der Waals surface area contributed by atoms with E-state index in [-0.39, 0.29) is 31.4 Å². The second kappa shape index (κ2) is 18.0. The molecule has 0 heterocycles. The van der Waals surface area contributed by atoms with Gasteiger partial charge in [-0.25, -0.2) is 4.79 Å². The van der Waals surface area contributed by atoms with E-state index in [2.05, 4.69) is 16.0 Å². The third-order valence-corrected chi connectivity index (χ3v) is 6.50. The van der Waals surface area contributed by atoms with E-state index in [0.29, 0.717) is 37.1 Å². The molecule has 4 unspecified atom stereocenters. The highest BCUT2D eigenvalue weighted by atomic mass is 32.2. The number of nitrogens with one attached hydrogen (secondary N) is 3. The van der Waals surface area contributed by atoms with Crippen LogP contribution in [0.15, 0.2) is 24.3 Å². The number of phenolic OH excluding ortho intramolecular Hbond substituents is 1. The maximum Gasteiger partial charge on any atom is 0.326 e. The van der Waals surface area contributed by atoms with Gasteiger partial charge in [-0.05, 0) is 68.4 Å². The molecule has 14 heteroatoms. The number of carbonyl (C=O) groups excluding carboxylic acids is 4. The molecule has 0 spiro atoms. The molecule has 0 saturated carbocycles. The molecule has 0 bridgehead atoms. The third-order valence-electron chi connectivity index (χ3n) is 5.85. The number of carboxylic acids is 1. The molecule has 4 atom stereocenters. The van der Waals surface area contributed by atoms with Crippen molar-refractivity contribution in [3.63, 3.8) is 0 Å². The molecule has 0 aliphatic heterocycles. The van der Waals surface area contributed by atoms with Crippen LogP contribution in [0.2, 0.25) is 0 Å². The number of nitrogens with two attached hydrogens (primary N) is 3. The first kappa shape index (κ1) is 33.7. The minimum Gasteiger partial charge on any atom is -0.508 e. The normalized spacial score (nSPS) is 13.9. The van der Waals surface area contributed by atoms with E-state index in [1.807, 2.05) is 6.26 Å². The number of hydrogen-bond acceptors (Lipinski definition) is 9. The van der Waals surface area contributed by atoms with Gasteiger partial charge < -0.3 is 43.4 Å². The Hall–Kier alpha value is -3.36. The van der Waals surface area contributed by atoms with E-state index < -0.39 is 53.8 Å². The molecular formula is C25H40N6O7S. The van der Waals surface area contributed by atoms with Crippen LogP contribution in [-0.4, -0.2) is 82.5 Å². The predicted molar refractivity (Wildman–Crippen MR) is 148 cm³/mol. The minimum absolute atomic E-state index is 0.00155. The first-order chi connectivity index (χ1) is 18.5. The lowest BCUT2D eigenvalue weighted by atomic mass is 10.0. The Balaban J connectivity index is 3.14. The van der Waals surface area contributed by atoms with Crippen LogP contribution >= 0.6 is 11.8 Å². The fourth-order valence-corrected chi connectivity index (χ4v) is 4.07. The maximum absolute atomic E-state index is 13.3. The summed E-state index contributed by atoms with van der Waals surface area (Å²) >= 11 is 1.53. The number of phenols is 1. The fourth-order valence-electron chi connectivity index (χ4n) is 3.58. The van der Waals surface area contributed by atoms with Gasteiger partial charge in [-0.2, -0.15) is 11.8 Å². The van der Waals surface area contributed by atoms with Gasteiger partial charge in [0.2, 0.25) is 23.6 Å². The monoisotopic (exact) mass is 568 g/mol. The standard InChI is InChI=1S/C25H40N6O7S/c1-39-13-11-17(27)22(34)29-18(4-2-3-12-26)23(35)31-20(14-15-5-7-16(32)8-6-15)24(36)30-19(25(37)38)9-10-21(28)33/h5-8,17-20,32H,2-4,9-14,26-27H2,1H3,(H2,28,33)(H,29,34)(H,30,36)(H,31,35)(H,37,38). The summed E-state index contributed by atoms with van der Waals surface area (Å²) in [7, 11) is 0. The quantitative estimate of drug-likeness (QED) is 0.0941. The number of unbranched alkanes of at least 4 members (excludes halogenated alkanes) is 1. The Morgan fingerprint density at radius 1 is 0.872 bits per heavy atom. The maximum atomic E-state index is 13.3. The number of amides is 4. The number of carboxylic acid groups (broad SMARTS) is 1. The fraction of sp³-hybridized carbons (Fsp3) is 0.560. The number of aromatic hydroxyl groups is 1. The molecule has 11 N–H and O–H groups in total. The number of hydrogen-bond donors (Lipinski definition) is 8. The lowest BCUT2D eigenvalue weighted by Crippen LogP contribution is -2.57. The Morgan fingerprint density at radius 2 is 1.46 bits per heavy atom. The van der Waals surface area contributed by atoms with Crippen molar-refractivity contribution in [3.8, 4) is 5.75 Å². The zero-order valence-corrected chi connectivity index (χ0v) is 22.9. The van der Waals surface area contributed by atoms with Crippen LogP contribution in [0.5, 0.6) is 5.75 Å². The summed E-state index contributed by atoms with van der Waals surface area (Å²) in [6.45, 7) is 0.392. The first-order valence-electron chi connectivity index (χ1n) is 12.6. The Morgan fingerprint density at radius 3 is 2.03 bits per heavy atom. The van der Waals surface area contributed by atoms with Crippen LogP contribution < -0.4 is 33.2 Å².